The number of halogens is 1. The highest BCUT2D eigenvalue weighted by Crippen LogP contribution is 2.30. The van der Waals surface area contributed by atoms with E-state index in [1.165, 1.54) is 5.56 Å². The minimum atomic E-state index is -0.490. The quantitative estimate of drug-likeness (QED) is 0.457. The number of hydrogen-bond acceptors (Lipinski definition) is 4. The van der Waals surface area contributed by atoms with Gasteiger partial charge in [0, 0.05) is 56.3 Å². The Kier molecular flexibility index (Phi) is 10.2. The third-order valence-electron chi connectivity index (χ3n) is 6.54. The van der Waals surface area contributed by atoms with E-state index in [1.807, 2.05) is 24.3 Å². The number of aliphatic hydroxyl groups excluding tert-OH is 2. The molecule has 1 heterocycles. The summed E-state index contributed by atoms with van der Waals surface area (Å²) in [5, 5.41) is 21.3. The molecule has 178 valence electrons. The van der Waals surface area contributed by atoms with Crippen LogP contribution in [0.3, 0.4) is 0 Å². The number of rotatable bonds is 8. The van der Waals surface area contributed by atoms with Gasteiger partial charge in [-0.3, -0.25) is 9.80 Å². The van der Waals surface area contributed by atoms with Crippen LogP contribution in [-0.4, -0.2) is 59.3 Å². The molecule has 0 radical (unpaired) electrons. The fraction of sp³-hybridized carbons (Fsp3) is 0.429. The van der Waals surface area contributed by atoms with Crippen molar-refractivity contribution >= 4 is 22.4 Å². The van der Waals surface area contributed by atoms with Crippen LogP contribution < -0.4 is 0 Å². The Balaban J connectivity index is 0.00000149. The maximum absolute atomic E-state index is 11.4. The lowest BCUT2D eigenvalue weighted by Gasteiger charge is -2.41. The number of benzene rings is 3. The minimum Gasteiger partial charge on any atom is -0.400 e. The summed E-state index contributed by atoms with van der Waals surface area (Å²) in [6.07, 6.45) is 2.80. The Morgan fingerprint density at radius 1 is 0.909 bits per heavy atom. The maximum atomic E-state index is 11.4. The molecule has 3 aromatic rings. The first kappa shape index (κ1) is 25.7. The first-order chi connectivity index (χ1) is 16.2. The number of unbranched alkanes of at least 4 members (excludes halogenated alkanes) is 1. The Labute approximate surface area is 203 Å². The number of nitrogens with zero attached hydrogens (tertiary/aromatic N) is 2. The van der Waals surface area contributed by atoms with Crippen LogP contribution in [-0.2, 0) is 6.54 Å². The van der Waals surface area contributed by atoms with E-state index in [9.17, 15) is 5.11 Å². The fourth-order valence-corrected chi connectivity index (χ4v) is 4.96. The smallest absolute Gasteiger partial charge is 0.0945 e. The summed E-state index contributed by atoms with van der Waals surface area (Å²) in [6.45, 7) is 7.30. The topological polar surface area (TPSA) is 46.9 Å². The van der Waals surface area contributed by atoms with Crippen molar-refractivity contribution in [1.29, 1.82) is 0 Å². The van der Waals surface area contributed by atoms with E-state index in [4.69, 9.17) is 16.7 Å². The zero-order chi connectivity index (χ0) is 23.6. The van der Waals surface area contributed by atoms with Crippen LogP contribution >= 0.6 is 11.6 Å². The summed E-state index contributed by atoms with van der Waals surface area (Å²) >= 11 is 6.34. The molecule has 33 heavy (non-hydrogen) atoms. The molecule has 1 aliphatic heterocycles. The molecule has 3 aromatic carbocycles. The summed E-state index contributed by atoms with van der Waals surface area (Å²) in [6, 6.07) is 23.0. The largest absolute Gasteiger partial charge is 0.400 e. The van der Waals surface area contributed by atoms with Gasteiger partial charge in [-0.05, 0) is 35.1 Å². The first-order valence-corrected chi connectivity index (χ1v) is 12.3. The molecule has 0 spiro atoms. The lowest BCUT2D eigenvalue weighted by atomic mass is 9.94. The fourth-order valence-electron chi connectivity index (χ4n) is 4.72. The SMILES string of the molecule is CCCCC(C(O)c1ccc2c(Cl)cccc2c1)N1CCN(Cc2ccccc2)CC1.CO. The molecule has 0 aromatic heterocycles. The van der Waals surface area contributed by atoms with E-state index in [-0.39, 0.29) is 6.04 Å². The Morgan fingerprint density at radius 2 is 1.64 bits per heavy atom. The van der Waals surface area contributed by atoms with Gasteiger partial charge in [-0.25, -0.2) is 0 Å². The van der Waals surface area contributed by atoms with Crippen molar-refractivity contribution in [3.63, 3.8) is 0 Å². The molecule has 4 nitrogen and oxygen atoms in total. The zero-order valence-electron chi connectivity index (χ0n) is 19.8. The molecule has 2 N–H and O–H groups in total. The first-order valence-electron chi connectivity index (χ1n) is 12.0. The van der Waals surface area contributed by atoms with Gasteiger partial charge in [-0.1, -0.05) is 86.0 Å². The average Bonchev–Trinajstić information content (AvgIpc) is 2.87. The monoisotopic (exact) mass is 468 g/mol. The Morgan fingerprint density at radius 3 is 2.33 bits per heavy atom. The summed E-state index contributed by atoms with van der Waals surface area (Å²) in [7, 11) is 1.00. The summed E-state index contributed by atoms with van der Waals surface area (Å²) in [5.74, 6) is 0. The molecule has 2 atom stereocenters. The molecule has 1 aliphatic rings. The van der Waals surface area contributed by atoms with Gasteiger partial charge in [-0.15, -0.1) is 0 Å². The van der Waals surface area contributed by atoms with Gasteiger partial charge in [-0.2, -0.15) is 0 Å². The van der Waals surface area contributed by atoms with Crippen LogP contribution in [0.5, 0.6) is 0 Å². The Bertz CT molecular complexity index is 974. The molecule has 5 heteroatoms. The van der Waals surface area contributed by atoms with E-state index < -0.39 is 6.10 Å². The van der Waals surface area contributed by atoms with Crippen molar-refractivity contribution in [2.24, 2.45) is 0 Å². The minimum absolute atomic E-state index is 0.149. The van der Waals surface area contributed by atoms with Gasteiger partial charge >= 0.3 is 0 Å². The highest BCUT2D eigenvalue weighted by atomic mass is 35.5. The normalized spacial score (nSPS) is 16.8. The molecule has 0 aliphatic carbocycles. The second-order valence-corrected chi connectivity index (χ2v) is 9.08. The molecule has 0 amide bonds. The van der Waals surface area contributed by atoms with E-state index >= 15 is 0 Å². The molecule has 2 unspecified atom stereocenters. The second-order valence-electron chi connectivity index (χ2n) is 8.67. The third-order valence-corrected chi connectivity index (χ3v) is 6.87. The summed E-state index contributed by atoms with van der Waals surface area (Å²) in [4.78, 5) is 5.02. The van der Waals surface area contributed by atoms with Gasteiger partial charge in [0.2, 0.25) is 0 Å². The van der Waals surface area contributed by atoms with Crippen molar-refractivity contribution in [3.8, 4) is 0 Å². The van der Waals surface area contributed by atoms with E-state index in [0.717, 1.165) is 80.5 Å². The number of piperazine rings is 1. The lowest BCUT2D eigenvalue weighted by molar-refractivity contribution is 0.0113. The van der Waals surface area contributed by atoms with Crippen LogP contribution in [0.2, 0.25) is 5.02 Å². The second kappa shape index (κ2) is 13.1. The third kappa shape index (κ3) is 6.78. The van der Waals surface area contributed by atoms with Gasteiger partial charge in [0.25, 0.3) is 0 Å². The lowest BCUT2D eigenvalue weighted by Crippen LogP contribution is -2.51. The van der Waals surface area contributed by atoms with Crippen LogP contribution in [0.25, 0.3) is 10.8 Å². The van der Waals surface area contributed by atoms with Crippen LogP contribution in [0.1, 0.15) is 43.4 Å². The van der Waals surface area contributed by atoms with Crippen LogP contribution in [0.4, 0.5) is 0 Å². The summed E-state index contributed by atoms with van der Waals surface area (Å²) < 4.78 is 0. The number of aliphatic hydroxyl groups is 2. The molecular formula is C28H37ClN2O2. The maximum Gasteiger partial charge on any atom is 0.0945 e. The highest BCUT2D eigenvalue weighted by molar-refractivity contribution is 6.35. The van der Waals surface area contributed by atoms with Crippen molar-refractivity contribution in [1.82, 2.24) is 9.80 Å². The van der Waals surface area contributed by atoms with Gasteiger partial charge in [0.05, 0.1) is 6.10 Å². The van der Waals surface area contributed by atoms with Crippen molar-refractivity contribution in [2.75, 3.05) is 33.3 Å². The highest BCUT2D eigenvalue weighted by Gasteiger charge is 2.29. The Hall–Kier alpha value is -1.95. The predicted octanol–water partition coefficient (Wildman–Crippen LogP) is 5.51. The van der Waals surface area contributed by atoms with Crippen LogP contribution in [0, 0.1) is 0 Å². The van der Waals surface area contributed by atoms with Gasteiger partial charge in [0.1, 0.15) is 0 Å². The number of fused-ring (bicyclic) bond motifs is 1. The van der Waals surface area contributed by atoms with Crippen LogP contribution in [0.15, 0.2) is 66.7 Å². The predicted molar refractivity (Wildman–Crippen MR) is 139 cm³/mol. The van der Waals surface area contributed by atoms with E-state index in [2.05, 4.69) is 59.2 Å². The van der Waals surface area contributed by atoms with Gasteiger partial charge in [0.15, 0.2) is 0 Å². The molecule has 0 saturated carbocycles. The van der Waals surface area contributed by atoms with E-state index in [1.54, 1.807) is 0 Å². The van der Waals surface area contributed by atoms with Crippen molar-refractivity contribution < 1.29 is 10.2 Å². The zero-order valence-corrected chi connectivity index (χ0v) is 20.6. The molecule has 1 fully saturated rings. The molecular weight excluding hydrogens is 432 g/mol. The molecule has 4 rings (SSSR count). The molecule has 1 saturated heterocycles. The standard InChI is InChI=1S/C27H33ClN2O.CH4O/c1-2-3-12-26(27(31)23-13-14-24-22(19-23)10-7-11-25(24)28)30-17-15-29(16-18-30)20-21-8-5-4-6-9-21;1-2/h4-11,13-14,19,26-27,31H,2-3,12,15-18,20H2,1H3;2H,1H3. The average molecular weight is 469 g/mol. The van der Waals surface area contributed by atoms with Gasteiger partial charge < -0.3 is 10.2 Å². The van der Waals surface area contributed by atoms with Crippen molar-refractivity contribution in [3.05, 3.63) is 82.9 Å². The molecule has 0 bridgehead atoms. The van der Waals surface area contributed by atoms with E-state index in [0.29, 0.717) is 0 Å². The van der Waals surface area contributed by atoms with Crippen molar-refractivity contribution in [2.45, 2.75) is 44.9 Å². The summed E-state index contributed by atoms with van der Waals surface area (Å²) in [5.41, 5.74) is 2.36. The number of hydrogen-bond donors (Lipinski definition) is 2.